The lowest BCUT2D eigenvalue weighted by Gasteiger charge is -2.22. The van der Waals surface area contributed by atoms with Crippen LogP contribution < -0.4 is 10.6 Å². The van der Waals surface area contributed by atoms with Gasteiger partial charge in [-0.25, -0.2) is 4.79 Å². The molecule has 0 bridgehead atoms. The van der Waals surface area contributed by atoms with E-state index in [0.29, 0.717) is 17.9 Å². The zero-order chi connectivity index (χ0) is 19.6. The van der Waals surface area contributed by atoms with E-state index in [9.17, 15) is 14.4 Å². The average Bonchev–Trinajstić information content (AvgIpc) is 3.04. The second-order valence-corrected chi connectivity index (χ2v) is 7.46. The Kier molecular flexibility index (Phi) is 5.50. The Morgan fingerprint density at radius 1 is 1.41 bits per heavy atom. The number of esters is 1. The summed E-state index contributed by atoms with van der Waals surface area (Å²) in [6.07, 6.45) is -0.682. The van der Waals surface area contributed by atoms with Gasteiger partial charge < -0.3 is 19.9 Å². The number of rotatable bonds is 5. The molecule has 2 amide bonds. The van der Waals surface area contributed by atoms with Crippen molar-refractivity contribution < 1.29 is 23.6 Å². The van der Waals surface area contributed by atoms with E-state index in [2.05, 4.69) is 15.8 Å². The number of carbonyl (C=O) groups excluding carboxylic acids is 3. The lowest BCUT2D eigenvalue weighted by atomic mass is 10.2. The predicted octanol–water partition coefficient (Wildman–Crippen LogP) is 2.99. The number of hydrogen-bond acceptors (Lipinski definition) is 7. The molecule has 0 saturated heterocycles. The first-order chi connectivity index (χ1) is 12.9. The summed E-state index contributed by atoms with van der Waals surface area (Å²) in [5.74, 6) is -0.441. The van der Waals surface area contributed by atoms with Gasteiger partial charge in [-0.1, -0.05) is 12.1 Å². The molecule has 3 rings (SSSR count). The van der Waals surface area contributed by atoms with Gasteiger partial charge in [0.2, 0.25) is 5.91 Å². The summed E-state index contributed by atoms with van der Waals surface area (Å²) in [5, 5.41) is 8.80. The van der Waals surface area contributed by atoms with Crippen molar-refractivity contribution in [2.75, 3.05) is 10.6 Å². The van der Waals surface area contributed by atoms with Crippen molar-refractivity contribution in [3.05, 3.63) is 35.6 Å². The largest absolute Gasteiger partial charge is 0.449 e. The fourth-order valence-electron chi connectivity index (χ4n) is 2.49. The summed E-state index contributed by atoms with van der Waals surface area (Å²) in [6.45, 7) is 5.25. The van der Waals surface area contributed by atoms with Gasteiger partial charge in [-0.3, -0.25) is 9.59 Å². The first-order valence-electron chi connectivity index (χ1n) is 8.44. The molecule has 2 N–H and O–H groups in total. The van der Waals surface area contributed by atoms with Crippen LogP contribution in [0.2, 0.25) is 0 Å². The van der Waals surface area contributed by atoms with Crippen LogP contribution in [0.1, 0.15) is 36.4 Å². The molecule has 9 heteroatoms. The molecule has 142 valence electrons. The Morgan fingerprint density at radius 3 is 2.85 bits per heavy atom. The number of nitrogens with zero attached hydrogens (tertiary/aromatic N) is 1. The molecule has 27 heavy (non-hydrogen) atoms. The van der Waals surface area contributed by atoms with Gasteiger partial charge in [0, 0.05) is 11.0 Å². The fraction of sp³-hybridized carbons (Fsp3) is 0.333. The van der Waals surface area contributed by atoms with E-state index in [1.54, 1.807) is 38.1 Å². The normalized spacial score (nSPS) is 16.9. The number of fused-ring (bicyclic) bond motifs is 1. The van der Waals surface area contributed by atoms with Crippen LogP contribution in [-0.4, -0.2) is 34.3 Å². The van der Waals surface area contributed by atoms with E-state index in [-0.39, 0.29) is 22.5 Å². The molecule has 2 unspecified atom stereocenters. The average molecular weight is 389 g/mol. The quantitative estimate of drug-likeness (QED) is 0.756. The van der Waals surface area contributed by atoms with Gasteiger partial charge in [0.25, 0.3) is 5.91 Å². The molecule has 8 nitrogen and oxygen atoms in total. The number of aryl methyl sites for hydroxylation is 1. The van der Waals surface area contributed by atoms with E-state index in [1.807, 2.05) is 6.92 Å². The number of carbonyl (C=O) groups is 3. The molecule has 1 aromatic heterocycles. The Hall–Kier alpha value is -2.81. The van der Waals surface area contributed by atoms with E-state index in [1.165, 1.54) is 11.8 Å². The molecule has 0 aliphatic carbocycles. The highest BCUT2D eigenvalue weighted by Gasteiger charge is 2.26. The van der Waals surface area contributed by atoms with Crippen molar-refractivity contribution >= 4 is 41.1 Å². The van der Waals surface area contributed by atoms with Crippen LogP contribution in [0.3, 0.4) is 0 Å². The van der Waals surface area contributed by atoms with Crippen LogP contribution in [-0.2, 0) is 14.3 Å². The lowest BCUT2D eigenvalue weighted by molar-refractivity contribution is -0.124. The predicted molar refractivity (Wildman–Crippen MR) is 99.8 cm³/mol. The molecule has 0 saturated carbocycles. The number of anilines is 2. The van der Waals surface area contributed by atoms with Crippen molar-refractivity contribution in [2.45, 2.75) is 43.4 Å². The zero-order valence-electron chi connectivity index (χ0n) is 15.1. The Morgan fingerprint density at radius 2 is 2.19 bits per heavy atom. The van der Waals surface area contributed by atoms with Crippen molar-refractivity contribution in [2.24, 2.45) is 0 Å². The zero-order valence-corrected chi connectivity index (χ0v) is 15.9. The number of benzene rings is 1. The number of amides is 2. The molecule has 2 heterocycles. The van der Waals surface area contributed by atoms with Crippen LogP contribution in [0, 0.1) is 6.92 Å². The maximum atomic E-state index is 12.5. The Bertz CT molecular complexity index is 895. The summed E-state index contributed by atoms with van der Waals surface area (Å²) in [6, 6.07) is 6.49. The highest BCUT2D eigenvalue weighted by atomic mass is 32.2. The number of aromatic nitrogens is 1. The monoisotopic (exact) mass is 389 g/mol. The maximum Gasteiger partial charge on any atom is 0.338 e. The van der Waals surface area contributed by atoms with Crippen molar-refractivity contribution in [1.29, 1.82) is 0 Å². The molecule has 2 atom stereocenters. The number of hydrogen-bond donors (Lipinski definition) is 2. The lowest BCUT2D eigenvalue weighted by Crippen LogP contribution is -2.32. The first kappa shape index (κ1) is 19.0. The molecule has 2 aromatic rings. The van der Waals surface area contributed by atoms with E-state index >= 15 is 0 Å². The van der Waals surface area contributed by atoms with Crippen LogP contribution in [0.25, 0.3) is 0 Å². The third-order valence-electron chi connectivity index (χ3n) is 3.94. The van der Waals surface area contributed by atoms with Crippen LogP contribution >= 0.6 is 11.8 Å². The highest BCUT2D eigenvalue weighted by Crippen LogP contribution is 2.36. The van der Waals surface area contributed by atoms with Gasteiger partial charge >= 0.3 is 5.97 Å². The minimum absolute atomic E-state index is 0.119. The van der Waals surface area contributed by atoms with Gasteiger partial charge in [0.05, 0.1) is 16.5 Å². The van der Waals surface area contributed by atoms with Gasteiger partial charge in [0.1, 0.15) is 5.76 Å². The smallest absolute Gasteiger partial charge is 0.338 e. The van der Waals surface area contributed by atoms with E-state index in [4.69, 9.17) is 9.26 Å². The van der Waals surface area contributed by atoms with Crippen molar-refractivity contribution in [3.8, 4) is 0 Å². The first-order valence-corrected chi connectivity index (χ1v) is 9.32. The molecule has 0 spiro atoms. The van der Waals surface area contributed by atoms with Crippen LogP contribution in [0.4, 0.5) is 11.5 Å². The second kappa shape index (κ2) is 7.83. The van der Waals surface area contributed by atoms with E-state index < -0.39 is 18.0 Å². The van der Waals surface area contributed by atoms with Crippen LogP contribution in [0.15, 0.2) is 33.7 Å². The third-order valence-corrected chi connectivity index (χ3v) is 5.12. The topological polar surface area (TPSA) is 111 Å². The minimum atomic E-state index is -0.977. The third kappa shape index (κ3) is 4.30. The summed E-state index contributed by atoms with van der Waals surface area (Å²) >= 11 is 1.42. The van der Waals surface area contributed by atoms with E-state index in [0.717, 1.165) is 4.90 Å². The maximum absolute atomic E-state index is 12.5. The molecule has 0 radical (unpaired) electrons. The van der Waals surface area contributed by atoms with Gasteiger partial charge in [-0.05, 0) is 38.5 Å². The number of thioether (sulfide) groups is 1. The molecule has 1 aromatic carbocycles. The van der Waals surface area contributed by atoms with Crippen molar-refractivity contribution in [3.63, 3.8) is 0 Å². The minimum Gasteiger partial charge on any atom is -0.449 e. The van der Waals surface area contributed by atoms with Crippen LogP contribution in [0.5, 0.6) is 0 Å². The number of ether oxygens (including phenoxy) is 1. The summed E-state index contributed by atoms with van der Waals surface area (Å²) in [5.41, 5.74) is 0.820. The molecule has 1 aliphatic rings. The summed E-state index contributed by atoms with van der Waals surface area (Å²) < 4.78 is 10.2. The second-order valence-electron chi connectivity index (χ2n) is 6.07. The fourth-order valence-corrected chi connectivity index (χ4v) is 3.42. The highest BCUT2D eigenvalue weighted by molar-refractivity contribution is 8.00. The molecule has 0 fully saturated rings. The van der Waals surface area contributed by atoms with Gasteiger partial charge in [0.15, 0.2) is 11.9 Å². The summed E-state index contributed by atoms with van der Waals surface area (Å²) in [4.78, 5) is 37.4. The van der Waals surface area contributed by atoms with Crippen molar-refractivity contribution in [1.82, 2.24) is 5.16 Å². The summed E-state index contributed by atoms with van der Waals surface area (Å²) in [7, 11) is 0. The number of nitrogens with one attached hydrogen (secondary N) is 2. The molecule has 1 aliphatic heterocycles. The SMILES string of the molecule is CCC(OC(=O)c1ccc2c(c1)NC(=O)C(C)S2)C(=O)Nc1cc(C)on1. The van der Waals surface area contributed by atoms with Gasteiger partial charge in [-0.2, -0.15) is 0 Å². The Labute approximate surface area is 160 Å². The Balaban J connectivity index is 1.69. The standard InChI is InChI=1S/C18H19N3O5S/c1-4-13(17(23)20-15-7-9(2)26-21-15)25-18(24)11-5-6-14-12(8-11)19-16(22)10(3)27-14/h5-8,10,13H,4H2,1-3H3,(H,19,22)(H,20,21,23). The van der Waals surface area contributed by atoms with Gasteiger partial charge in [-0.15, -0.1) is 11.8 Å². The molecular formula is C18H19N3O5S. The molecular weight excluding hydrogens is 370 g/mol.